The van der Waals surface area contributed by atoms with E-state index in [1.54, 1.807) is 6.92 Å². The van der Waals surface area contributed by atoms with E-state index in [0.29, 0.717) is 0 Å². The van der Waals surface area contributed by atoms with Crippen molar-refractivity contribution in [2.75, 3.05) is 0 Å². The molecule has 2 rings (SSSR count). The van der Waals surface area contributed by atoms with Gasteiger partial charge in [-0.25, -0.2) is 0 Å². The maximum atomic E-state index is 11.2. The molecule has 13 heavy (non-hydrogen) atoms. The molecule has 0 spiro atoms. The lowest BCUT2D eigenvalue weighted by Gasteiger charge is -2.01. The van der Waals surface area contributed by atoms with Crippen LogP contribution >= 0.6 is 0 Å². The molecule has 66 valence electrons. The van der Waals surface area contributed by atoms with Crippen LogP contribution in [0.3, 0.4) is 0 Å². The molecule has 1 aromatic carbocycles. The van der Waals surface area contributed by atoms with E-state index in [0.717, 1.165) is 22.0 Å². The van der Waals surface area contributed by atoms with Gasteiger partial charge in [-0.1, -0.05) is 0 Å². The highest BCUT2D eigenvalue weighted by Gasteiger charge is 2.05. The minimum Gasteiger partial charge on any atom is -0.361 e. The molecule has 0 saturated carbocycles. The molecule has 0 saturated heterocycles. The van der Waals surface area contributed by atoms with Gasteiger partial charge in [-0.2, -0.15) is 0 Å². The minimum absolute atomic E-state index is 0.126. The van der Waals surface area contributed by atoms with E-state index < -0.39 is 0 Å². The number of nitrogens with one attached hydrogen (secondary N) is 1. The maximum Gasteiger partial charge on any atom is 0.160 e. The van der Waals surface area contributed by atoms with Gasteiger partial charge in [0.15, 0.2) is 5.78 Å². The molecule has 0 aliphatic rings. The summed E-state index contributed by atoms with van der Waals surface area (Å²) in [5, 5.41) is 1.09. The fourth-order valence-corrected chi connectivity index (χ4v) is 1.59. The van der Waals surface area contributed by atoms with Crippen molar-refractivity contribution in [3.63, 3.8) is 0 Å². The SMILES string of the molecule is CC(=O)c1cc2cc[nH]c2cc1C. The number of benzene rings is 1. The second kappa shape index (κ2) is 2.73. The Morgan fingerprint density at radius 1 is 1.38 bits per heavy atom. The number of H-pyrrole nitrogens is 1. The van der Waals surface area contributed by atoms with Crippen LogP contribution in [0.15, 0.2) is 24.4 Å². The van der Waals surface area contributed by atoms with Gasteiger partial charge in [-0.05, 0) is 37.6 Å². The zero-order chi connectivity index (χ0) is 9.42. The van der Waals surface area contributed by atoms with Gasteiger partial charge in [0.1, 0.15) is 0 Å². The topological polar surface area (TPSA) is 32.9 Å². The van der Waals surface area contributed by atoms with Crippen LogP contribution in [0.2, 0.25) is 0 Å². The first kappa shape index (κ1) is 8.05. The number of rotatable bonds is 1. The Balaban J connectivity index is 2.76. The smallest absolute Gasteiger partial charge is 0.160 e. The number of carbonyl (C=O) groups excluding carboxylic acids is 1. The summed E-state index contributed by atoms with van der Waals surface area (Å²) >= 11 is 0. The van der Waals surface area contributed by atoms with E-state index in [2.05, 4.69) is 4.98 Å². The second-order valence-electron chi connectivity index (χ2n) is 3.29. The number of aromatic amines is 1. The maximum absolute atomic E-state index is 11.2. The standard InChI is InChI=1S/C11H11NO/c1-7-5-11-9(3-4-12-11)6-10(7)8(2)13/h3-6,12H,1-2H3. The third-order valence-corrected chi connectivity index (χ3v) is 2.28. The highest BCUT2D eigenvalue weighted by Crippen LogP contribution is 2.18. The third-order valence-electron chi connectivity index (χ3n) is 2.28. The molecule has 0 fully saturated rings. The largest absolute Gasteiger partial charge is 0.361 e. The molecular weight excluding hydrogens is 162 g/mol. The molecule has 0 unspecified atom stereocenters. The highest BCUT2D eigenvalue weighted by molar-refractivity contribution is 5.99. The van der Waals surface area contributed by atoms with Gasteiger partial charge in [-0.15, -0.1) is 0 Å². The molecule has 0 amide bonds. The molecule has 0 radical (unpaired) electrons. The molecule has 0 aliphatic heterocycles. The highest BCUT2D eigenvalue weighted by atomic mass is 16.1. The Morgan fingerprint density at radius 3 is 2.85 bits per heavy atom. The molecule has 1 heterocycles. The molecule has 0 bridgehead atoms. The lowest BCUT2D eigenvalue weighted by atomic mass is 10.0. The molecule has 1 aromatic heterocycles. The first-order valence-corrected chi connectivity index (χ1v) is 4.27. The second-order valence-corrected chi connectivity index (χ2v) is 3.29. The number of Topliss-reactive ketones (excluding diaryl/α,β-unsaturated/α-hetero) is 1. The van der Waals surface area contributed by atoms with Gasteiger partial charge < -0.3 is 4.98 Å². The van der Waals surface area contributed by atoms with Crippen LogP contribution in [0.5, 0.6) is 0 Å². The third kappa shape index (κ3) is 1.24. The van der Waals surface area contributed by atoms with E-state index in [1.807, 2.05) is 31.3 Å². The molecule has 1 N–H and O–H groups in total. The summed E-state index contributed by atoms with van der Waals surface area (Å²) in [6.07, 6.45) is 1.88. The normalized spacial score (nSPS) is 10.6. The fraction of sp³-hybridized carbons (Fsp3) is 0.182. The number of hydrogen-bond donors (Lipinski definition) is 1. The van der Waals surface area contributed by atoms with Gasteiger partial charge in [0, 0.05) is 22.7 Å². The molecular formula is C11H11NO. The van der Waals surface area contributed by atoms with Crippen LogP contribution in [0.4, 0.5) is 0 Å². The Labute approximate surface area is 76.6 Å². The van der Waals surface area contributed by atoms with Gasteiger partial charge in [0.25, 0.3) is 0 Å². The van der Waals surface area contributed by atoms with E-state index >= 15 is 0 Å². The van der Waals surface area contributed by atoms with Crippen molar-refractivity contribution in [1.82, 2.24) is 4.98 Å². The van der Waals surface area contributed by atoms with Crippen molar-refractivity contribution in [3.05, 3.63) is 35.5 Å². The van der Waals surface area contributed by atoms with Gasteiger partial charge in [0.05, 0.1) is 0 Å². The Hall–Kier alpha value is -1.57. The lowest BCUT2D eigenvalue weighted by Crippen LogP contribution is -1.95. The first-order valence-electron chi connectivity index (χ1n) is 4.27. The van der Waals surface area contributed by atoms with E-state index in [-0.39, 0.29) is 5.78 Å². The number of carbonyl (C=O) groups is 1. The van der Waals surface area contributed by atoms with Crippen molar-refractivity contribution in [2.24, 2.45) is 0 Å². The molecule has 0 aliphatic carbocycles. The van der Waals surface area contributed by atoms with E-state index in [9.17, 15) is 4.79 Å². The minimum atomic E-state index is 0.126. The summed E-state index contributed by atoms with van der Waals surface area (Å²) in [5.74, 6) is 0.126. The van der Waals surface area contributed by atoms with Crippen LogP contribution in [-0.2, 0) is 0 Å². The van der Waals surface area contributed by atoms with Gasteiger partial charge >= 0.3 is 0 Å². The summed E-state index contributed by atoms with van der Waals surface area (Å²) in [4.78, 5) is 14.3. The quantitative estimate of drug-likeness (QED) is 0.661. The summed E-state index contributed by atoms with van der Waals surface area (Å²) in [6.45, 7) is 3.55. The van der Waals surface area contributed by atoms with Crippen LogP contribution < -0.4 is 0 Å². The Morgan fingerprint density at radius 2 is 2.15 bits per heavy atom. The van der Waals surface area contributed by atoms with Crippen LogP contribution in [-0.4, -0.2) is 10.8 Å². The summed E-state index contributed by atoms with van der Waals surface area (Å²) in [6, 6.07) is 5.91. The van der Waals surface area contributed by atoms with E-state index in [1.165, 1.54) is 0 Å². The van der Waals surface area contributed by atoms with Crippen molar-refractivity contribution in [1.29, 1.82) is 0 Å². The molecule has 2 nitrogen and oxygen atoms in total. The van der Waals surface area contributed by atoms with Crippen molar-refractivity contribution in [2.45, 2.75) is 13.8 Å². The van der Waals surface area contributed by atoms with Crippen LogP contribution in [0, 0.1) is 6.92 Å². The number of ketones is 1. The van der Waals surface area contributed by atoms with Crippen molar-refractivity contribution < 1.29 is 4.79 Å². The zero-order valence-corrected chi connectivity index (χ0v) is 7.72. The monoisotopic (exact) mass is 173 g/mol. The lowest BCUT2D eigenvalue weighted by molar-refractivity contribution is 0.101. The molecule has 2 heteroatoms. The number of fused-ring (bicyclic) bond motifs is 1. The number of aromatic nitrogens is 1. The number of aryl methyl sites for hydroxylation is 1. The summed E-state index contributed by atoms with van der Waals surface area (Å²) < 4.78 is 0. The van der Waals surface area contributed by atoms with Crippen LogP contribution in [0.1, 0.15) is 22.8 Å². The average Bonchev–Trinajstić information content (AvgIpc) is 2.48. The fourth-order valence-electron chi connectivity index (χ4n) is 1.59. The Bertz CT molecular complexity index is 468. The Kier molecular flexibility index (Phi) is 1.69. The predicted octanol–water partition coefficient (Wildman–Crippen LogP) is 2.68. The van der Waals surface area contributed by atoms with Crippen molar-refractivity contribution >= 4 is 16.7 Å². The van der Waals surface area contributed by atoms with Crippen LogP contribution in [0.25, 0.3) is 10.9 Å². The van der Waals surface area contributed by atoms with E-state index in [4.69, 9.17) is 0 Å². The van der Waals surface area contributed by atoms with Crippen molar-refractivity contribution in [3.8, 4) is 0 Å². The van der Waals surface area contributed by atoms with Gasteiger partial charge in [-0.3, -0.25) is 4.79 Å². The predicted molar refractivity (Wildman–Crippen MR) is 53.0 cm³/mol. The summed E-state index contributed by atoms with van der Waals surface area (Å²) in [5.41, 5.74) is 2.93. The average molecular weight is 173 g/mol. The number of hydrogen-bond acceptors (Lipinski definition) is 1. The molecule has 0 atom stereocenters. The summed E-state index contributed by atoms with van der Waals surface area (Å²) in [7, 11) is 0. The van der Waals surface area contributed by atoms with Gasteiger partial charge in [0.2, 0.25) is 0 Å². The first-order chi connectivity index (χ1) is 6.18. The zero-order valence-electron chi connectivity index (χ0n) is 7.72. The molecule has 2 aromatic rings.